The first kappa shape index (κ1) is 13.6. The number of sulfonamides is 1. The fourth-order valence-electron chi connectivity index (χ4n) is 2.98. The zero-order valence-corrected chi connectivity index (χ0v) is 12.4. The third-order valence-electron chi connectivity index (χ3n) is 4.07. The van der Waals surface area contributed by atoms with Crippen molar-refractivity contribution in [2.75, 3.05) is 0 Å². The van der Waals surface area contributed by atoms with E-state index in [1.165, 1.54) is 0 Å². The zero-order valence-electron chi connectivity index (χ0n) is 11.6. The summed E-state index contributed by atoms with van der Waals surface area (Å²) in [7, 11) is -3.44. The normalized spacial score (nSPS) is 16.9. The van der Waals surface area contributed by atoms with Gasteiger partial charge in [-0.25, -0.2) is 13.1 Å². The number of nitrogens with one attached hydrogen (secondary N) is 1. The summed E-state index contributed by atoms with van der Waals surface area (Å²) in [5.74, 6) is 0. The third kappa shape index (κ3) is 2.45. The van der Waals surface area contributed by atoms with Crippen molar-refractivity contribution in [3.8, 4) is 0 Å². The van der Waals surface area contributed by atoms with E-state index in [0.717, 1.165) is 42.0 Å². The van der Waals surface area contributed by atoms with E-state index in [9.17, 15) is 8.42 Å². The lowest BCUT2D eigenvalue weighted by Crippen LogP contribution is -2.32. The van der Waals surface area contributed by atoms with E-state index < -0.39 is 10.0 Å². The van der Waals surface area contributed by atoms with Crippen LogP contribution < -0.4 is 4.72 Å². The lowest BCUT2D eigenvalue weighted by Gasteiger charge is -2.15. The smallest absolute Gasteiger partial charge is 0.208 e. The second-order valence-electron chi connectivity index (χ2n) is 5.53. The van der Waals surface area contributed by atoms with Gasteiger partial charge in [0, 0.05) is 11.4 Å². The lowest BCUT2D eigenvalue weighted by atomic mass is 10.1. The van der Waals surface area contributed by atoms with E-state index >= 15 is 0 Å². The van der Waals surface area contributed by atoms with Gasteiger partial charge in [0.25, 0.3) is 0 Å². The topological polar surface area (TPSA) is 46.2 Å². The van der Waals surface area contributed by atoms with Gasteiger partial charge in [0.2, 0.25) is 10.0 Å². The Morgan fingerprint density at radius 3 is 2.35 bits per heavy atom. The molecule has 0 amide bonds. The van der Waals surface area contributed by atoms with Crippen molar-refractivity contribution < 1.29 is 8.42 Å². The van der Waals surface area contributed by atoms with Gasteiger partial charge in [-0.05, 0) is 36.8 Å². The Kier molecular flexibility index (Phi) is 3.52. The van der Waals surface area contributed by atoms with Crippen molar-refractivity contribution in [1.29, 1.82) is 0 Å². The van der Waals surface area contributed by atoms with E-state index in [1.54, 1.807) is 6.07 Å². The number of aryl methyl sites for hydroxylation is 1. The van der Waals surface area contributed by atoms with E-state index in [1.807, 2.05) is 37.3 Å². The molecule has 0 bridgehead atoms. The number of hydrogen-bond donors (Lipinski definition) is 1. The van der Waals surface area contributed by atoms with Crippen LogP contribution in [0, 0.1) is 6.92 Å². The minimum absolute atomic E-state index is 0.0973. The quantitative estimate of drug-likeness (QED) is 0.941. The molecule has 2 aromatic rings. The van der Waals surface area contributed by atoms with Crippen LogP contribution >= 0.6 is 0 Å². The summed E-state index contributed by atoms with van der Waals surface area (Å²) < 4.78 is 28.1. The molecule has 0 aromatic heterocycles. The van der Waals surface area contributed by atoms with E-state index in [-0.39, 0.29) is 6.04 Å². The van der Waals surface area contributed by atoms with Crippen LogP contribution in [-0.2, 0) is 10.0 Å². The molecule has 3 nitrogen and oxygen atoms in total. The predicted molar refractivity (Wildman–Crippen MR) is 81.3 cm³/mol. The van der Waals surface area contributed by atoms with Crippen LogP contribution in [0.3, 0.4) is 0 Å². The summed E-state index contributed by atoms with van der Waals surface area (Å²) in [5.41, 5.74) is 1.10. The molecule has 2 aromatic carbocycles. The molecule has 0 radical (unpaired) electrons. The van der Waals surface area contributed by atoms with E-state index in [2.05, 4.69) is 4.72 Å². The first-order valence-corrected chi connectivity index (χ1v) is 8.57. The molecule has 0 heterocycles. The maximum atomic E-state index is 12.6. The zero-order chi connectivity index (χ0) is 14.2. The first-order chi connectivity index (χ1) is 9.58. The SMILES string of the molecule is Cc1ccc(S(=O)(=O)NC2CCCC2)c2ccccc12. The molecule has 106 valence electrons. The van der Waals surface area contributed by atoms with Crippen LogP contribution in [0.1, 0.15) is 31.2 Å². The van der Waals surface area contributed by atoms with Crippen molar-refractivity contribution in [3.05, 3.63) is 42.0 Å². The summed E-state index contributed by atoms with van der Waals surface area (Å²) in [6, 6.07) is 11.4. The van der Waals surface area contributed by atoms with Crippen molar-refractivity contribution >= 4 is 20.8 Å². The largest absolute Gasteiger partial charge is 0.241 e. The highest BCUT2D eigenvalue weighted by Crippen LogP contribution is 2.27. The van der Waals surface area contributed by atoms with Gasteiger partial charge >= 0.3 is 0 Å². The van der Waals surface area contributed by atoms with Crippen molar-refractivity contribution in [2.24, 2.45) is 0 Å². The van der Waals surface area contributed by atoms with E-state index in [0.29, 0.717) is 4.90 Å². The minimum Gasteiger partial charge on any atom is -0.208 e. The summed E-state index contributed by atoms with van der Waals surface area (Å²) in [6.07, 6.45) is 4.12. The van der Waals surface area contributed by atoms with Crippen LogP contribution in [0.25, 0.3) is 10.8 Å². The van der Waals surface area contributed by atoms with Crippen molar-refractivity contribution in [2.45, 2.75) is 43.5 Å². The van der Waals surface area contributed by atoms with Gasteiger partial charge < -0.3 is 0 Å². The molecular formula is C16H19NO2S. The molecular weight excluding hydrogens is 270 g/mol. The van der Waals surface area contributed by atoms with Crippen LogP contribution in [0.4, 0.5) is 0 Å². The highest BCUT2D eigenvalue weighted by atomic mass is 32.2. The summed E-state index contributed by atoms with van der Waals surface area (Å²) in [5, 5.41) is 1.81. The average Bonchev–Trinajstić information content (AvgIpc) is 2.91. The molecule has 0 saturated heterocycles. The highest BCUT2D eigenvalue weighted by Gasteiger charge is 2.24. The molecule has 0 spiro atoms. The molecule has 0 unspecified atom stereocenters. The Balaban J connectivity index is 2.07. The van der Waals surface area contributed by atoms with Crippen molar-refractivity contribution in [1.82, 2.24) is 4.72 Å². The average molecular weight is 289 g/mol. The van der Waals surface area contributed by atoms with Crippen molar-refractivity contribution in [3.63, 3.8) is 0 Å². The van der Waals surface area contributed by atoms with Crippen LogP contribution in [0.15, 0.2) is 41.3 Å². The van der Waals surface area contributed by atoms with Gasteiger partial charge in [-0.15, -0.1) is 0 Å². The molecule has 1 fully saturated rings. The van der Waals surface area contributed by atoms with Gasteiger partial charge in [0.05, 0.1) is 4.90 Å². The molecule has 1 aliphatic carbocycles. The van der Waals surface area contributed by atoms with Crippen LogP contribution in [-0.4, -0.2) is 14.5 Å². The molecule has 0 aliphatic heterocycles. The third-order valence-corrected chi connectivity index (χ3v) is 5.65. The monoisotopic (exact) mass is 289 g/mol. The predicted octanol–water partition coefficient (Wildman–Crippen LogP) is 3.37. The lowest BCUT2D eigenvalue weighted by molar-refractivity contribution is 0.553. The van der Waals surface area contributed by atoms with Gasteiger partial charge in [0.15, 0.2) is 0 Å². The molecule has 4 heteroatoms. The second-order valence-corrected chi connectivity index (χ2v) is 7.21. The maximum absolute atomic E-state index is 12.6. The Hall–Kier alpha value is -1.39. The standard InChI is InChI=1S/C16H19NO2S/c1-12-10-11-16(15-9-5-4-8-14(12)15)20(18,19)17-13-6-2-3-7-13/h4-5,8-11,13,17H,2-3,6-7H2,1H3. The van der Waals surface area contributed by atoms with E-state index in [4.69, 9.17) is 0 Å². The number of benzene rings is 2. The second kappa shape index (κ2) is 5.19. The number of rotatable bonds is 3. The Bertz CT molecular complexity index is 731. The number of hydrogen-bond acceptors (Lipinski definition) is 2. The molecule has 20 heavy (non-hydrogen) atoms. The Morgan fingerprint density at radius 1 is 1.00 bits per heavy atom. The van der Waals surface area contributed by atoms with Gasteiger partial charge in [-0.1, -0.05) is 43.2 Å². The molecule has 0 atom stereocenters. The van der Waals surface area contributed by atoms with Crippen LogP contribution in [0.5, 0.6) is 0 Å². The van der Waals surface area contributed by atoms with Gasteiger partial charge in [-0.3, -0.25) is 0 Å². The molecule has 1 aliphatic rings. The minimum atomic E-state index is -3.44. The maximum Gasteiger partial charge on any atom is 0.241 e. The first-order valence-electron chi connectivity index (χ1n) is 7.08. The number of fused-ring (bicyclic) bond motifs is 1. The highest BCUT2D eigenvalue weighted by molar-refractivity contribution is 7.89. The Morgan fingerprint density at radius 2 is 1.65 bits per heavy atom. The fourth-order valence-corrected chi connectivity index (χ4v) is 4.50. The Labute approximate surface area is 120 Å². The van der Waals surface area contributed by atoms with Gasteiger partial charge in [0.1, 0.15) is 0 Å². The molecule has 3 rings (SSSR count). The molecule has 1 N–H and O–H groups in total. The summed E-state index contributed by atoms with van der Waals surface area (Å²) in [4.78, 5) is 0.394. The fraction of sp³-hybridized carbons (Fsp3) is 0.375. The summed E-state index contributed by atoms with van der Waals surface area (Å²) in [6.45, 7) is 2.00. The van der Waals surface area contributed by atoms with Gasteiger partial charge in [-0.2, -0.15) is 0 Å². The van der Waals surface area contributed by atoms with Crippen LogP contribution in [0.2, 0.25) is 0 Å². The molecule has 1 saturated carbocycles. The summed E-state index contributed by atoms with van der Waals surface area (Å²) >= 11 is 0.